The highest BCUT2D eigenvalue weighted by molar-refractivity contribution is 6.04. The number of rotatable bonds is 3. The lowest BCUT2D eigenvalue weighted by molar-refractivity contribution is -0.139. The highest BCUT2D eigenvalue weighted by Gasteiger charge is 2.33. The highest BCUT2D eigenvalue weighted by Crippen LogP contribution is 2.28. The van der Waals surface area contributed by atoms with Gasteiger partial charge in [-0.15, -0.1) is 0 Å². The Morgan fingerprint density at radius 2 is 2.17 bits per heavy atom. The van der Waals surface area contributed by atoms with Crippen LogP contribution in [0, 0.1) is 6.92 Å². The summed E-state index contributed by atoms with van der Waals surface area (Å²) < 4.78 is 5.31. The van der Waals surface area contributed by atoms with Crippen molar-refractivity contribution in [3.8, 4) is 0 Å². The predicted molar refractivity (Wildman–Crippen MR) is 80.7 cm³/mol. The topological polar surface area (TPSA) is 99.7 Å². The second kappa shape index (κ2) is 6.16. The van der Waals surface area contributed by atoms with Crippen LogP contribution in [0.25, 0.3) is 0 Å². The number of aliphatic carboxylic acids is 1. The number of carbonyl (C=O) groups is 3. The first-order valence-corrected chi connectivity index (χ1v) is 7.84. The molecule has 1 saturated heterocycles. The van der Waals surface area contributed by atoms with Crippen molar-refractivity contribution in [1.82, 2.24) is 9.88 Å². The summed E-state index contributed by atoms with van der Waals surface area (Å²) in [7, 11) is 0. The van der Waals surface area contributed by atoms with E-state index < -0.39 is 12.0 Å². The molecule has 1 unspecified atom stereocenters. The molecule has 2 aliphatic rings. The van der Waals surface area contributed by atoms with Crippen LogP contribution < -0.4 is 0 Å². The summed E-state index contributed by atoms with van der Waals surface area (Å²) in [4.78, 5) is 40.6. The minimum absolute atomic E-state index is 0.0723. The molecule has 1 fully saturated rings. The zero-order valence-corrected chi connectivity index (χ0v) is 13.1. The highest BCUT2D eigenvalue weighted by atomic mass is 16.5. The Morgan fingerprint density at radius 1 is 1.39 bits per heavy atom. The molecule has 2 N–H and O–H groups in total. The van der Waals surface area contributed by atoms with Crippen LogP contribution in [-0.2, 0) is 16.0 Å². The van der Waals surface area contributed by atoms with Gasteiger partial charge in [-0.25, -0.2) is 0 Å². The van der Waals surface area contributed by atoms with E-state index in [1.54, 1.807) is 11.8 Å². The summed E-state index contributed by atoms with van der Waals surface area (Å²) in [6.07, 6.45) is 1.91. The summed E-state index contributed by atoms with van der Waals surface area (Å²) in [5, 5.41) is 9.01. The van der Waals surface area contributed by atoms with Crippen LogP contribution in [0.5, 0.6) is 0 Å². The summed E-state index contributed by atoms with van der Waals surface area (Å²) in [5.41, 5.74) is 2.55. The number of carbonyl (C=O) groups excluding carboxylic acids is 2. The quantitative estimate of drug-likeness (QED) is 0.870. The van der Waals surface area contributed by atoms with Crippen LogP contribution in [0.1, 0.15) is 51.4 Å². The minimum atomic E-state index is -0.962. The smallest absolute Gasteiger partial charge is 0.305 e. The van der Waals surface area contributed by atoms with Crippen LogP contribution in [0.15, 0.2) is 0 Å². The number of fused-ring (bicyclic) bond motifs is 1. The van der Waals surface area contributed by atoms with Crippen molar-refractivity contribution >= 4 is 17.7 Å². The van der Waals surface area contributed by atoms with Gasteiger partial charge in [-0.2, -0.15) is 0 Å². The van der Waals surface area contributed by atoms with Gasteiger partial charge in [0.15, 0.2) is 5.78 Å². The minimum Gasteiger partial charge on any atom is -0.481 e. The molecule has 3 rings (SSSR count). The Kier molecular flexibility index (Phi) is 4.21. The fourth-order valence-corrected chi connectivity index (χ4v) is 3.42. The van der Waals surface area contributed by atoms with Gasteiger partial charge in [-0.1, -0.05) is 0 Å². The van der Waals surface area contributed by atoms with Crippen LogP contribution >= 0.6 is 0 Å². The first-order valence-electron chi connectivity index (χ1n) is 7.84. The molecule has 7 nitrogen and oxygen atoms in total. The standard InChI is InChI=1S/C16H20N2O5/c1-9-14-11(3-2-4-12(14)19)17-15(9)16(22)18-5-6-23-8-10(18)7-13(20)21/h10,17H,2-8H2,1H3,(H,20,21). The Hall–Kier alpha value is -2.15. The molecule has 23 heavy (non-hydrogen) atoms. The molecule has 1 aliphatic heterocycles. The summed E-state index contributed by atoms with van der Waals surface area (Å²) in [6.45, 7) is 2.74. The van der Waals surface area contributed by atoms with Gasteiger partial charge in [-0.05, 0) is 25.3 Å². The molecule has 1 aromatic heterocycles. The third kappa shape index (κ3) is 2.88. The number of Topliss-reactive ketones (excluding diaryl/α,β-unsaturated/α-hetero) is 1. The molecule has 1 aliphatic carbocycles. The lowest BCUT2D eigenvalue weighted by atomic mass is 9.93. The molecule has 2 heterocycles. The lowest BCUT2D eigenvalue weighted by Crippen LogP contribution is -2.49. The zero-order chi connectivity index (χ0) is 16.6. The normalized spacial score (nSPS) is 21.2. The van der Waals surface area contributed by atoms with Crippen molar-refractivity contribution in [2.75, 3.05) is 19.8 Å². The summed E-state index contributed by atoms with van der Waals surface area (Å²) >= 11 is 0. The number of nitrogens with zero attached hydrogens (tertiary/aromatic N) is 1. The maximum absolute atomic E-state index is 12.9. The van der Waals surface area contributed by atoms with E-state index in [-0.39, 0.29) is 24.7 Å². The van der Waals surface area contributed by atoms with Gasteiger partial charge in [0.2, 0.25) is 0 Å². The Balaban J connectivity index is 1.90. The SMILES string of the molecule is Cc1c(C(=O)N2CCOCC2CC(=O)O)[nH]c2c1C(=O)CCC2. The van der Waals surface area contributed by atoms with E-state index in [9.17, 15) is 14.4 Å². The second-order valence-electron chi connectivity index (χ2n) is 6.08. The lowest BCUT2D eigenvalue weighted by Gasteiger charge is -2.34. The molecule has 0 aromatic carbocycles. The van der Waals surface area contributed by atoms with Crippen molar-refractivity contribution in [3.63, 3.8) is 0 Å². The number of morpholine rings is 1. The Labute approximate surface area is 133 Å². The maximum atomic E-state index is 12.9. The summed E-state index contributed by atoms with van der Waals surface area (Å²) in [5.74, 6) is -1.14. The van der Waals surface area contributed by atoms with Gasteiger partial charge < -0.3 is 19.7 Å². The van der Waals surface area contributed by atoms with E-state index in [0.29, 0.717) is 36.4 Å². The number of carboxylic acid groups (broad SMARTS) is 1. The second-order valence-corrected chi connectivity index (χ2v) is 6.08. The van der Waals surface area contributed by atoms with Crippen LogP contribution in [-0.4, -0.2) is 58.5 Å². The number of carboxylic acids is 1. The van der Waals surface area contributed by atoms with Crippen molar-refractivity contribution in [2.45, 2.75) is 38.6 Å². The number of aromatic amines is 1. The molecule has 1 amide bonds. The van der Waals surface area contributed by atoms with Gasteiger partial charge in [0.25, 0.3) is 5.91 Å². The number of nitrogens with one attached hydrogen (secondary N) is 1. The van der Waals surface area contributed by atoms with E-state index in [4.69, 9.17) is 9.84 Å². The van der Waals surface area contributed by atoms with Crippen LogP contribution in [0.2, 0.25) is 0 Å². The molecular formula is C16H20N2O5. The number of ketones is 1. The van der Waals surface area contributed by atoms with Crippen LogP contribution in [0.4, 0.5) is 0 Å². The molecule has 0 radical (unpaired) electrons. The van der Waals surface area contributed by atoms with Gasteiger partial charge in [0.1, 0.15) is 5.69 Å². The van der Waals surface area contributed by atoms with Gasteiger partial charge >= 0.3 is 5.97 Å². The maximum Gasteiger partial charge on any atom is 0.305 e. The first-order chi connectivity index (χ1) is 11.0. The number of aryl methyl sites for hydroxylation is 1. The molecule has 7 heteroatoms. The van der Waals surface area contributed by atoms with Crippen molar-refractivity contribution in [3.05, 3.63) is 22.5 Å². The van der Waals surface area contributed by atoms with Gasteiger partial charge in [-0.3, -0.25) is 14.4 Å². The molecule has 1 atom stereocenters. The first kappa shape index (κ1) is 15.7. The van der Waals surface area contributed by atoms with Crippen LogP contribution in [0.3, 0.4) is 0 Å². The Morgan fingerprint density at radius 3 is 2.87 bits per heavy atom. The van der Waals surface area contributed by atoms with E-state index >= 15 is 0 Å². The van der Waals surface area contributed by atoms with E-state index in [0.717, 1.165) is 18.5 Å². The van der Waals surface area contributed by atoms with E-state index in [1.165, 1.54) is 0 Å². The van der Waals surface area contributed by atoms with Crippen molar-refractivity contribution in [1.29, 1.82) is 0 Å². The summed E-state index contributed by atoms with van der Waals surface area (Å²) in [6, 6.07) is -0.482. The number of H-pyrrole nitrogens is 1. The third-order valence-corrected chi connectivity index (χ3v) is 4.55. The molecule has 124 valence electrons. The van der Waals surface area contributed by atoms with Crippen molar-refractivity contribution < 1.29 is 24.2 Å². The van der Waals surface area contributed by atoms with Gasteiger partial charge in [0, 0.05) is 24.2 Å². The monoisotopic (exact) mass is 320 g/mol. The predicted octanol–water partition coefficient (Wildman–Crippen LogP) is 1.16. The number of aromatic nitrogens is 1. The van der Waals surface area contributed by atoms with E-state index in [2.05, 4.69) is 4.98 Å². The number of hydrogen-bond acceptors (Lipinski definition) is 4. The molecule has 0 saturated carbocycles. The third-order valence-electron chi connectivity index (χ3n) is 4.55. The fraction of sp³-hybridized carbons (Fsp3) is 0.562. The Bertz CT molecular complexity index is 664. The fourth-order valence-electron chi connectivity index (χ4n) is 3.42. The molecular weight excluding hydrogens is 300 g/mol. The van der Waals surface area contributed by atoms with Crippen molar-refractivity contribution in [2.24, 2.45) is 0 Å². The number of ether oxygens (including phenoxy) is 1. The zero-order valence-electron chi connectivity index (χ0n) is 13.1. The molecule has 1 aromatic rings. The average molecular weight is 320 g/mol. The number of hydrogen-bond donors (Lipinski definition) is 2. The number of amides is 1. The largest absolute Gasteiger partial charge is 0.481 e. The molecule has 0 bridgehead atoms. The van der Waals surface area contributed by atoms with Gasteiger partial charge in [0.05, 0.1) is 25.7 Å². The molecule has 0 spiro atoms. The average Bonchev–Trinajstić information content (AvgIpc) is 2.85. The van der Waals surface area contributed by atoms with E-state index in [1.807, 2.05) is 0 Å².